The van der Waals surface area contributed by atoms with E-state index in [4.69, 9.17) is 4.74 Å². The molecular formula is C9H13NO3. The highest BCUT2D eigenvalue weighted by Crippen LogP contribution is 2.02. The van der Waals surface area contributed by atoms with Crippen LogP contribution < -0.4 is 0 Å². The Kier molecular flexibility index (Phi) is 6.46. The molecule has 0 aromatic heterocycles. The third-order valence-corrected chi connectivity index (χ3v) is 1.49. The summed E-state index contributed by atoms with van der Waals surface area (Å²) in [5.41, 5.74) is 0.634. The molecule has 0 aromatic rings. The highest BCUT2D eigenvalue weighted by Gasteiger charge is 2.06. The number of nitrogens with zero attached hydrogens (tertiary/aromatic N) is 1. The predicted molar refractivity (Wildman–Crippen MR) is 48.0 cm³/mol. The summed E-state index contributed by atoms with van der Waals surface area (Å²) in [5.74, 6) is -0.342. The zero-order chi connectivity index (χ0) is 10.1. The number of aliphatic imine (C=N–C) groups is 1. The van der Waals surface area contributed by atoms with Gasteiger partial charge in [-0.05, 0) is 13.3 Å². The molecular weight excluding hydrogens is 170 g/mol. The van der Waals surface area contributed by atoms with E-state index >= 15 is 0 Å². The van der Waals surface area contributed by atoms with Gasteiger partial charge < -0.3 is 4.74 Å². The van der Waals surface area contributed by atoms with Crippen molar-refractivity contribution in [3.05, 3.63) is 11.6 Å². The van der Waals surface area contributed by atoms with E-state index in [9.17, 15) is 9.59 Å². The van der Waals surface area contributed by atoms with Crippen LogP contribution in [0, 0.1) is 0 Å². The van der Waals surface area contributed by atoms with E-state index in [-0.39, 0.29) is 19.1 Å². The van der Waals surface area contributed by atoms with Gasteiger partial charge in [-0.2, -0.15) is 0 Å². The first-order valence-corrected chi connectivity index (χ1v) is 4.12. The molecule has 0 unspecified atom stereocenters. The Bertz CT molecular complexity index is 239. The van der Waals surface area contributed by atoms with Crippen LogP contribution in [0.1, 0.15) is 20.3 Å². The average molecular weight is 183 g/mol. The molecule has 0 saturated heterocycles. The number of hydrogen-bond donors (Lipinski definition) is 0. The van der Waals surface area contributed by atoms with Gasteiger partial charge in [0.2, 0.25) is 6.08 Å². The lowest BCUT2D eigenvalue weighted by atomic mass is 10.2. The van der Waals surface area contributed by atoms with Crippen LogP contribution in [-0.4, -0.2) is 25.2 Å². The van der Waals surface area contributed by atoms with Gasteiger partial charge in [0.25, 0.3) is 0 Å². The molecule has 0 aliphatic carbocycles. The van der Waals surface area contributed by atoms with E-state index in [1.165, 1.54) is 6.08 Å². The van der Waals surface area contributed by atoms with Gasteiger partial charge in [-0.3, -0.25) is 0 Å². The highest BCUT2D eigenvalue weighted by atomic mass is 16.5. The summed E-state index contributed by atoms with van der Waals surface area (Å²) < 4.78 is 4.81. The van der Waals surface area contributed by atoms with Gasteiger partial charge in [-0.15, -0.1) is 0 Å². The second-order valence-corrected chi connectivity index (χ2v) is 2.28. The number of ether oxygens (including phenoxy) is 1. The van der Waals surface area contributed by atoms with E-state index < -0.39 is 0 Å². The highest BCUT2D eigenvalue weighted by molar-refractivity contribution is 5.88. The number of hydrogen-bond acceptors (Lipinski definition) is 4. The molecule has 0 aliphatic rings. The van der Waals surface area contributed by atoms with Gasteiger partial charge in [0.05, 0.1) is 6.54 Å². The van der Waals surface area contributed by atoms with E-state index in [0.717, 1.165) is 0 Å². The number of rotatable bonds is 5. The number of carbonyl (C=O) groups excluding carboxylic acids is 2. The Hall–Kier alpha value is -1.41. The van der Waals surface area contributed by atoms with Crippen LogP contribution in [0.2, 0.25) is 0 Å². The third kappa shape index (κ3) is 4.93. The summed E-state index contributed by atoms with van der Waals surface area (Å²) >= 11 is 0. The van der Waals surface area contributed by atoms with E-state index in [1.54, 1.807) is 13.0 Å². The van der Waals surface area contributed by atoms with Crippen molar-refractivity contribution >= 4 is 12.0 Å². The summed E-state index contributed by atoms with van der Waals surface area (Å²) in [7, 11) is 0. The first-order valence-electron chi connectivity index (χ1n) is 4.12. The zero-order valence-electron chi connectivity index (χ0n) is 7.87. The topological polar surface area (TPSA) is 55.7 Å². The summed E-state index contributed by atoms with van der Waals surface area (Å²) in [4.78, 5) is 24.0. The summed E-state index contributed by atoms with van der Waals surface area (Å²) in [6.07, 6.45) is 3.73. The Labute approximate surface area is 77.3 Å². The van der Waals surface area contributed by atoms with Crippen LogP contribution >= 0.6 is 0 Å². The molecule has 72 valence electrons. The number of isocyanates is 1. The minimum Gasteiger partial charge on any atom is -0.460 e. The molecule has 0 atom stereocenters. The summed E-state index contributed by atoms with van der Waals surface area (Å²) in [6, 6.07) is 0. The standard InChI is InChI=1S/C9H13NO3/c1-3-8(4-2)9(12)13-6-5-10-7-11/h3H,4-6H2,1-2H3/b8-3+. The quantitative estimate of drug-likeness (QED) is 0.212. The average Bonchev–Trinajstić information content (AvgIpc) is 2.14. The molecule has 0 heterocycles. The van der Waals surface area contributed by atoms with E-state index in [2.05, 4.69) is 4.99 Å². The van der Waals surface area contributed by atoms with Crippen molar-refractivity contribution in [2.45, 2.75) is 20.3 Å². The van der Waals surface area contributed by atoms with Crippen LogP contribution in [-0.2, 0) is 14.3 Å². The van der Waals surface area contributed by atoms with Crippen molar-refractivity contribution in [2.75, 3.05) is 13.2 Å². The van der Waals surface area contributed by atoms with Crippen LogP contribution in [0.25, 0.3) is 0 Å². The molecule has 4 heteroatoms. The first kappa shape index (κ1) is 11.6. The van der Waals surface area contributed by atoms with E-state index in [1.807, 2.05) is 6.92 Å². The normalized spacial score (nSPS) is 10.5. The molecule has 0 spiro atoms. The lowest BCUT2D eigenvalue weighted by Crippen LogP contribution is -2.09. The van der Waals surface area contributed by atoms with Crippen molar-refractivity contribution in [3.8, 4) is 0 Å². The molecule has 0 saturated carbocycles. The number of esters is 1. The monoisotopic (exact) mass is 183 g/mol. The van der Waals surface area contributed by atoms with E-state index in [0.29, 0.717) is 12.0 Å². The summed E-state index contributed by atoms with van der Waals surface area (Å²) in [5, 5.41) is 0. The molecule has 0 aromatic carbocycles. The zero-order valence-corrected chi connectivity index (χ0v) is 7.87. The molecule has 0 amide bonds. The van der Waals surface area contributed by atoms with Gasteiger partial charge in [0.1, 0.15) is 6.61 Å². The molecule has 0 bridgehead atoms. The smallest absolute Gasteiger partial charge is 0.333 e. The Morgan fingerprint density at radius 2 is 2.31 bits per heavy atom. The second kappa shape index (κ2) is 7.25. The van der Waals surface area contributed by atoms with Gasteiger partial charge in [0.15, 0.2) is 0 Å². The molecule has 0 N–H and O–H groups in total. The van der Waals surface area contributed by atoms with Crippen molar-refractivity contribution in [2.24, 2.45) is 4.99 Å². The maximum atomic E-state index is 11.1. The molecule has 0 fully saturated rings. The van der Waals surface area contributed by atoms with Gasteiger partial charge >= 0.3 is 5.97 Å². The molecule has 4 nitrogen and oxygen atoms in total. The fourth-order valence-corrected chi connectivity index (χ4v) is 0.789. The van der Waals surface area contributed by atoms with Gasteiger partial charge in [-0.1, -0.05) is 13.0 Å². The molecule has 13 heavy (non-hydrogen) atoms. The van der Waals surface area contributed by atoms with Crippen molar-refractivity contribution in [3.63, 3.8) is 0 Å². The van der Waals surface area contributed by atoms with Crippen molar-refractivity contribution < 1.29 is 14.3 Å². The van der Waals surface area contributed by atoms with Crippen molar-refractivity contribution in [1.82, 2.24) is 0 Å². The van der Waals surface area contributed by atoms with Crippen LogP contribution in [0.5, 0.6) is 0 Å². The number of carbonyl (C=O) groups is 1. The Balaban J connectivity index is 3.80. The lowest BCUT2D eigenvalue weighted by molar-refractivity contribution is -0.138. The molecule has 0 radical (unpaired) electrons. The Morgan fingerprint density at radius 3 is 2.77 bits per heavy atom. The fraction of sp³-hybridized carbons (Fsp3) is 0.556. The third-order valence-electron chi connectivity index (χ3n) is 1.49. The van der Waals surface area contributed by atoms with Gasteiger partial charge in [-0.25, -0.2) is 14.6 Å². The minimum absolute atomic E-state index is 0.130. The second-order valence-electron chi connectivity index (χ2n) is 2.28. The van der Waals surface area contributed by atoms with Crippen LogP contribution in [0.3, 0.4) is 0 Å². The van der Waals surface area contributed by atoms with Crippen LogP contribution in [0.15, 0.2) is 16.6 Å². The first-order chi connectivity index (χ1) is 6.26. The predicted octanol–water partition coefficient (Wildman–Crippen LogP) is 1.22. The van der Waals surface area contributed by atoms with Gasteiger partial charge in [0, 0.05) is 5.57 Å². The Morgan fingerprint density at radius 1 is 1.62 bits per heavy atom. The lowest BCUT2D eigenvalue weighted by Gasteiger charge is -2.03. The minimum atomic E-state index is -0.342. The fourth-order valence-electron chi connectivity index (χ4n) is 0.789. The molecule has 0 aliphatic heterocycles. The maximum absolute atomic E-state index is 11.1. The SMILES string of the molecule is C/C=C(\CC)C(=O)OCCN=C=O. The number of allylic oxidation sites excluding steroid dienone is 1. The maximum Gasteiger partial charge on any atom is 0.333 e. The largest absolute Gasteiger partial charge is 0.460 e. The van der Waals surface area contributed by atoms with Crippen molar-refractivity contribution in [1.29, 1.82) is 0 Å². The molecule has 0 rings (SSSR count). The summed E-state index contributed by atoms with van der Waals surface area (Å²) in [6.45, 7) is 3.96. The van der Waals surface area contributed by atoms with Crippen LogP contribution in [0.4, 0.5) is 0 Å².